The summed E-state index contributed by atoms with van der Waals surface area (Å²) in [5.74, 6) is 0. The van der Waals surface area contributed by atoms with Gasteiger partial charge in [0.05, 0.1) is 0 Å². The van der Waals surface area contributed by atoms with Crippen LogP contribution in [0.15, 0.2) is 16.8 Å². The van der Waals surface area contributed by atoms with Crippen molar-refractivity contribution in [3.05, 3.63) is 22.4 Å². The number of nitrogens with zero attached hydrogens (tertiary/aromatic N) is 1. The summed E-state index contributed by atoms with van der Waals surface area (Å²) in [6.45, 7) is 3.41. The van der Waals surface area contributed by atoms with E-state index in [9.17, 15) is 4.79 Å². The van der Waals surface area contributed by atoms with E-state index in [1.165, 1.54) is 5.56 Å². The molecule has 0 aromatic carbocycles. The lowest BCUT2D eigenvalue weighted by Crippen LogP contribution is -2.37. The molecule has 14 heavy (non-hydrogen) atoms. The smallest absolute Gasteiger partial charge is 0.317 e. The molecule has 0 aliphatic carbocycles. The van der Waals surface area contributed by atoms with Crippen LogP contribution in [0, 0.1) is 0 Å². The zero-order valence-electron chi connectivity index (χ0n) is 8.62. The first kappa shape index (κ1) is 11.0. The lowest BCUT2D eigenvalue weighted by molar-refractivity contribution is 0.211. The summed E-state index contributed by atoms with van der Waals surface area (Å²) in [6, 6.07) is 2.09. The van der Waals surface area contributed by atoms with E-state index in [1.54, 1.807) is 23.3 Å². The summed E-state index contributed by atoms with van der Waals surface area (Å²) in [6.07, 6.45) is 0.910. The predicted octanol–water partition coefficient (Wildman–Crippen LogP) is 1.95. The second-order valence-corrected chi connectivity index (χ2v) is 3.91. The Morgan fingerprint density at radius 3 is 3.00 bits per heavy atom. The number of carbonyl (C=O) groups excluding carboxylic acids is 1. The summed E-state index contributed by atoms with van der Waals surface area (Å²) in [7, 11) is 1.79. The van der Waals surface area contributed by atoms with Gasteiger partial charge in [-0.1, -0.05) is 0 Å². The van der Waals surface area contributed by atoms with E-state index in [1.807, 2.05) is 6.92 Å². The molecular formula is C10H16N2OS. The molecule has 0 aliphatic heterocycles. The van der Waals surface area contributed by atoms with Gasteiger partial charge in [-0.2, -0.15) is 11.3 Å². The molecule has 0 unspecified atom stereocenters. The minimum Gasteiger partial charge on any atom is -0.338 e. The number of carbonyl (C=O) groups is 1. The van der Waals surface area contributed by atoms with Gasteiger partial charge in [0.25, 0.3) is 0 Å². The first-order valence-corrected chi connectivity index (χ1v) is 5.68. The number of hydrogen-bond acceptors (Lipinski definition) is 2. The van der Waals surface area contributed by atoms with E-state index >= 15 is 0 Å². The quantitative estimate of drug-likeness (QED) is 0.813. The molecule has 1 rings (SSSR count). The van der Waals surface area contributed by atoms with E-state index in [-0.39, 0.29) is 6.03 Å². The van der Waals surface area contributed by atoms with Crippen LogP contribution in [0.3, 0.4) is 0 Å². The van der Waals surface area contributed by atoms with E-state index in [0.29, 0.717) is 6.54 Å². The van der Waals surface area contributed by atoms with Crippen molar-refractivity contribution in [2.24, 2.45) is 0 Å². The molecule has 0 saturated heterocycles. The molecule has 0 bridgehead atoms. The highest BCUT2D eigenvalue weighted by atomic mass is 32.1. The molecule has 0 atom stereocenters. The Balaban J connectivity index is 2.18. The van der Waals surface area contributed by atoms with Gasteiger partial charge in [-0.25, -0.2) is 4.79 Å². The molecule has 1 aromatic rings. The van der Waals surface area contributed by atoms with Gasteiger partial charge in [-0.3, -0.25) is 0 Å². The zero-order chi connectivity index (χ0) is 10.4. The minimum absolute atomic E-state index is 0.00253. The largest absolute Gasteiger partial charge is 0.338 e. The maximum Gasteiger partial charge on any atom is 0.317 e. The van der Waals surface area contributed by atoms with Crippen LogP contribution in [-0.2, 0) is 6.42 Å². The van der Waals surface area contributed by atoms with E-state index in [4.69, 9.17) is 0 Å². The lowest BCUT2D eigenvalue weighted by atomic mass is 10.2. The Hall–Kier alpha value is -1.03. The molecule has 0 radical (unpaired) electrons. The average Bonchev–Trinajstić information content (AvgIpc) is 2.69. The Morgan fingerprint density at radius 1 is 1.64 bits per heavy atom. The number of nitrogens with one attached hydrogen (secondary N) is 1. The SMILES string of the molecule is CCN(C)C(=O)NCCc1ccsc1. The van der Waals surface area contributed by atoms with Crippen molar-refractivity contribution in [1.29, 1.82) is 0 Å². The number of urea groups is 1. The van der Waals surface area contributed by atoms with Gasteiger partial charge >= 0.3 is 6.03 Å². The molecule has 0 saturated carbocycles. The van der Waals surface area contributed by atoms with Crippen LogP contribution in [-0.4, -0.2) is 31.1 Å². The predicted molar refractivity (Wildman–Crippen MR) is 59.7 cm³/mol. The van der Waals surface area contributed by atoms with Gasteiger partial charge in [-0.15, -0.1) is 0 Å². The fourth-order valence-corrected chi connectivity index (χ4v) is 1.73. The van der Waals surface area contributed by atoms with Gasteiger partial charge in [0.15, 0.2) is 0 Å². The average molecular weight is 212 g/mol. The molecule has 3 nitrogen and oxygen atoms in total. The number of amides is 2. The van der Waals surface area contributed by atoms with Gasteiger partial charge in [0, 0.05) is 20.1 Å². The topological polar surface area (TPSA) is 32.3 Å². The third-order valence-corrected chi connectivity index (χ3v) is 2.82. The van der Waals surface area contributed by atoms with Gasteiger partial charge in [0.2, 0.25) is 0 Å². The summed E-state index contributed by atoms with van der Waals surface area (Å²) < 4.78 is 0. The van der Waals surface area contributed by atoms with Crippen LogP contribution >= 0.6 is 11.3 Å². The van der Waals surface area contributed by atoms with Crippen LogP contribution in [0.25, 0.3) is 0 Å². The van der Waals surface area contributed by atoms with Gasteiger partial charge in [0.1, 0.15) is 0 Å². The van der Waals surface area contributed by atoms with Gasteiger partial charge < -0.3 is 10.2 Å². The standard InChI is InChI=1S/C10H16N2OS/c1-3-12(2)10(13)11-6-4-9-5-7-14-8-9/h5,7-8H,3-4,6H2,1-2H3,(H,11,13). The second-order valence-electron chi connectivity index (χ2n) is 3.13. The van der Waals surface area contributed by atoms with Crippen LogP contribution < -0.4 is 5.32 Å². The van der Waals surface area contributed by atoms with Gasteiger partial charge in [-0.05, 0) is 35.7 Å². The normalized spacial score (nSPS) is 9.86. The highest BCUT2D eigenvalue weighted by molar-refractivity contribution is 7.07. The fraction of sp³-hybridized carbons (Fsp3) is 0.500. The first-order valence-electron chi connectivity index (χ1n) is 4.74. The molecule has 78 valence electrons. The highest BCUT2D eigenvalue weighted by Crippen LogP contribution is 2.05. The van der Waals surface area contributed by atoms with Crippen LogP contribution in [0.4, 0.5) is 4.79 Å². The number of hydrogen-bond donors (Lipinski definition) is 1. The van der Waals surface area contributed by atoms with E-state index in [2.05, 4.69) is 22.1 Å². The minimum atomic E-state index is 0.00253. The van der Waals surface area contributed by atoms with Crippen molar-refractivity contribution in [3.8, 4) is 0 Å². The maximum atomic E-state index is 11.3. The van der Waals surface area contributed by atoms with Crippen molar-refractivity contribution in [1.82, 2.24) is 10.2 Å². The molecule has 0 fully saturated rings. The lowest BCUT2D eigenvalue weighted by Gasteiger charge is -2.15. The van der Waals surface area contributed by atoms with Crippen LogP contribution in [0.5, 0.6) is 0 Å². The summed E-state index contributed by atoms with van der Waals surface area (Å²) in [5, 5.41) is 7.02. The monoisotopic (exact) mass is 212 g/mol. The first-order chi connectivity index (χ1) is 6.74. The molecular weight excluding hydrogens is 196 g/mol. The third-order valence-electron chi connectivity index (χ3n) is 2.09. The molecule has 1 aromatic heterocycles. The van der Waals surface area contributed by atoms with Crippen molar-refractivity contribution in [2.75, 3.05) is 20.1 Å². The summed E-state index contributed by atoms with van der Waals surface area (Å²) >= 11 is 1.69. The summed E-state index contributed by atoms with van der Waals surface area (Å²) in [4.78, 5) is 13.0. The van der Waals surface area contributed by atoms with E-state index < -0.39 is 0 Å². The van der Waals surface area contributed by atoms with Crippen molar-refractivity contribution >= 4 is 17.4 Å². The van der Waals surface area contributed by atoms with E-state index in [0.717, 1.165) is 13.0 Å². The van der Waals surface area contributed by atoms with Crippen LogP contribution in [0.1, 0.15) is 12.5 Å². The van der Waals surface area contributed by atoms with Crippen molar-refractivity contribution < 1.29 is 4.79 Å². The molecule has 2 amide bonds. The second kappa shape index (κ2) is 5.65. The molecule has 0 aliphatic rings. The van der Waals surface area contributed by atoms with Crippen molar-refractivity contribution in [3.63, 3.8) is 0 Å². The third kappa shape index (κ3) is 3.38. The molecule has 0 spiro atoms. The van der Waals surface area contributed by atoms with Crippen molar-refractivity contribution in [2.45, 2.75) is 13.3 Å². The Kier molecular flexibility index (Phi) is 4.46. The Morgan fingerprint density at radius 2 is 2.43 bits per heavy atom. The summed E-state index contributed by atoms with van der Waals surface area (Å²) in [5.41, 5.74) is 1.29. The fourth-order valence-electron chi connectivity index (χ4n) is 1.03. The Bertz CT molecular complexity index is 272. The molecule has 1 N–H and O–H groups in total. The number of thiophene rings is 1. The molecule has 4 heteroatoms. The number of rotatable bonds is 4. The zero-order valence-corrected chi connectivity index (χ0v) is 9.43. The van der Waals surface area contributed by atoms with Crippen LogP contribution in [0.2, 0.25) is 0 Å². The molecule has 1 heterocycles. The maximum absolute atomic E-state index is 11.3. The highest BCUT2D eigenvalue weighted by Gasteiger charge is 2.04. The Labute approximate surface area is 88.7 Å².